The van der Waals surface area contributed by atoms with E-state index < -0.39 is 0 Å². The molecule has 2 rings (SSSR count). The topological polar surface area (TPSA) is 33.1 Å². The first-order chi connectivity index (χ1) is 8.36. The number of nitrogens with zero attached hydrogens (tertiary/aromatic N) is 3. The van der Waals surface area contributed by atoms with E-state index in [4.69, 9.17) is 0 Å². The molecule has 0 amide bonds. The van der Waals surface area contributed by atoms with E-state index in [0.717, 1.165) is 25.6 Å². The minimum Gasteiger partial charge on any atom is -0.339 e. The molecule has 1 atom stereocenters. The van der Waals surface area contributed by atoms with Gasteiger partial charge >= 0.3 is 0 Å². The lowest BCUT2D eigenvalue weighted by Gasteiger charge is -2.36. The highest BCUT2D eigenvalue weighted by Crippen LogP contribution is 2.25. The Kier molecular flexibility index (Phi) is 4.42. The largest absolute Gasteiger partial charge is 0.339 e. The first kappa shape index (κ1) is 12.4. The van der Waals surface area contributed by atoms with Gasteiger partial charge in [-0.15, -0.1) is 0 Å². The van der Waals surface area contributed by atoms with Gasteiger partial charge in [0.2, 0.25) is 5.95 Å². The van der Waals surface area contributed by atoms with Gasteiger partial charge in [-0.1, -0.05) is 0 Å². The molecule has 1 aliphatic rings. The molecule has 1 fully saturated rings. The minimum absolute atomic E-state index is 0.656. The number of aromatic nitrogens is 2. The monoisotopic (exact) mass is 236 g/mol. The minimum atomic E-state index is 0.656. The summed E-state index contributed by atoms with van der Waals surface area (Å²) in [5.41, 5.74) is 0. The molecule has 4 nitrogen and oxygen atoms in total. The van der Waals surface area contributed by atoms with E-state index in [1.54, 1.807) is 0 Å². The third-order valence-electron chi connectivity index (χ3n) is 3.65. The summed E-state index contributed by atoms with van der Waals surface area (Å²) in [4.78, 5) is 7.04. The van der Waals surface area contributed by atoms with Crippen molar-refractivity contribution < 1.29 is 0 Å². The Labute approximate surface area is 104 Å². The smallest absolute Gasteiger partial charge is 0.205 e. The standard InChI is InChI=1S/C13H24N4/c1-3-16-11-9-15-13(16)17-10-5-4-6-12(17)7-8-14-2/h9,11-12,14H,3-8,10H2,1-2H3. The maximum absolute atomic E-state index is 4.54. The summed E-state index contributed by atoms with van der Waals surface area (Å²) in [5, 5.41) is 3.26. The first-order valence-electron chi connectivity index (χ1n) is 6.79. The van der Waals surface area contributed by atoms with Crippen LogP contribution in [0.2, 0.25) is 0 Å². The molecule has 1 unspecified atom stereocenters. The Morgan fingerprint density at radius 2 is 2.35 bits per heavy atom. The normalized spacial score (nSPS) is 20.8. The van der Waals surface area contributed by atoms with Gasteiger partial charge in [0.1, 0.15) is 0 Å². The molecule has 0 aromatic carbocycles. The van der Waals surface area contributed by atoms with Crippen LogP contribution >= 0.6 is 0 Å². The predicted octanol–water partition coefficient (Wildman–Crippen LogP) is 1.87. The molecule has 4 heteroatoms. The number of piperidine rings is 1. The summed E-state index contributed by atoms with van der Waals surface area (Å²) >= 11 is 0. The highest BCUT2D eigenvalue weighted by atomic mass is 15.3. The molecule has 96 valence electrons. The Balaban J connectivity index is 2.10. The molecule has 1 aromatic heterocycles. The number of rotatable bonds is 5. The number of aryl methyl sites for hydroxylation is 1. The third-order valence-corrected chi connectivity index (χ3v) is 3.65. The summed E-state index contributed by atoms with van der Waals surface area (Å²) in [6.45, 7) is 5.43. The quantitative estimate of drug-likeness (QED) is 0.847. The number of hydrogen-bond donors (Lipinski definition) is 1. The molecular weight excluding hydrogens is 212 g/mol. The molecule has 1 aromatic rings. The molecule has 0 aliphatic carbocycles. The Bertz CT molecular complexity index is 334. The van der Waals surface area contributed by atoms with Gasteiger partial charge < -0.3 is 14.8 Å². The van der Waals surface area contributed by atoms with Crippen molar-refractivity contribution in [3.63, 3.8) is 0 Å². The maximum atomic E-state index is 4.54. The van der Waals surface area contributed by atoms with Crippen molar-refractivity contribution in [3.05, 3.63) is 12.4 Å². The zero-order valence-corrected chi connectivity index (χ0v) is 11.0. The van der Waals surface area contributed by atoms with E-state index in [1.807, 2.05) is 13.2 Å². The van der Waals surface area contributed by atoms with Crippen LogP contribution in [0, 0.1) is 0 Å². The number of nitrogens with one attached hydrogen (secondary N) is 1. The zero-order chi connectivity index (χ0) is 12.1. The first-order valence-corrected chi connectivity index (χ1v) is 6.79. The van der Waals surface area contributed by atoms with Gasteiger partial charge in [0, 0.05) is 31.5 Å². The van der Waals surface area contributed by atoms with Crippen LogP contribution in [0.1, 0.15) is 32.6 Å². The van der Waals surface area contributed by atoms with E-state index in [0.29, 0.717) is 6.04 Å². The van der Waals surface area contributed by atoms with Crippen LogP contribution in [0.15, 0.2) is 12.4 Å². The molecule has 1 aliphatic heterocycles. The van der Waals surface area contributed by atoms with Crippen molar-refractivity contribution in [2.45, 2.75) is 45.2 Å². The average molecular weight is 236 g/mol. The van der Waals surface area contributed by atoms with Crippen LogP contribution in [0.25, 0.3) is 0 Å². The summed E-state index contributed by atoms with van der Waals surface area (Å²) in [5.74, 6) is 1.16. The van der Waals surface area contributed by atoms with E-state index in [9.17, 15) is 0 Å². The van der Waals surface area contributed by atoms with Crippen molar-refractivity contribution in [1.82, 2.24) is 14.9 Å². The molecule has 0 bridgehead atoms. The van der Waals surface area contributed by atoms with Crippen molar-refractivity contribution in [2.75, 3.05) is 25.0 Å². The van der Waals surface area contributed by atoms with Gasteiger partial charge in [-0.2, -0.15) is 0 Å². The highest BCUT2D eigenvalue weighted by molar-refractivity contribution is 5.33. The summed E-state index contributed by atoms with van der Waals surface area (Å²) in [7, 11) is 2.03. The van der Waals surface area contributed by atoms with Crippen LogP contribution in [0.5, 0.6) is 0 Å². The lowest BCUT2D eigenvalue weighted by atomic mass is 10.00. The number of imidazole rings is 1. The summed E-state index contributed by atoms with van der Waals surface area (Å²) in [6.07, 6.45) is 9.18. The third kappa shape index (κ3) is 2.80. The van der Waals surface area contributed by atoms with Crippen molar-refractivity contribution in [1.29, 1.82) is 0 Å². The average Bonchev–Trinajstić information content (AvgIpc) is 2.84. The molecule has 0 radical (unpaired) electrons. The highest BCUT2D eigenvalue weighted by Gasteiger charge is 2.24. The van der Waals surface area contributed by atoms with Crippen molar-refractivity contribution in [3.8, 4) is 0 Å². The van der Waals surface area contributed by atoms with Crippen molar-refractivity contribution in [2.24, 2.45) is 0 Å². The zero-order valence-electron chi connectivity index (χ0n) is 11.0. The lowest BCUT2D eigenvalue weighted by Crippen LogP contribution is -2.42. The SMILES string of the molecule is CCn1ccnc1N1CCCCC1CCNC. The maximum Gasteiger partial charge on any atom is 0.205 e. The van der Waals surface area contributed by atoms with E-state index in [2.05, 4.69) is 32.9 Å². The molecular formula is C13H24N4. The summed E-state index contributed by atoms with van der Waals surface area (Å²) in [6, 6.07) is 0.656. The molecule has 2 heterocycles. The van der Waals surface area contributed by atoms with Crippen LogP contribution < -0.4 is 10.2 Å². The second kappa shape index (κ2) is 6.05. The van der Waals surface area contributed by atoms with Gasteiger partial charge in [0.25, 0.3) is 0 Å². The number of hydrogen-bond acceptors (Lipinski definition) is 3. The van der Waals surface area contributed by atoms with Crippen molar-refractivity contribution >= 4 is 5.95 Å². The summed E-state index contributed by atoms with van der Waals surface area (Å²) < 4.78 is 2.25. The second-order valence-corrected chi connectivity index (χ2v) is 4.75. The Morgan fingerprint density at radius 3 is 3.12 bits per heavy atom. The van der Waals surface area contributed by atoms with Gasteiger partial charge in [0.15, 0.2) is 0 Å². The lowest BCUT2D eigenvalue weighted by molar-refractivity contribution is 0.422. The Hall–Kier alpha value is -1.03. The van der Waals surface area contributed by atoms with Gasteiger partial charge in [-0.25, -0.2) is 4.98 Å². The van der Waals surface area contributed by atoms with E-state index >= 15 is 0 Å². The van der Waals surface area contributed by atoms with Crippen LogP contribution in [-0.4, -0.2) is 35.7 Å². The molecule has 0 spiro atoms. The van der Waals surface area contributed by atoms with E-state index in [1.165, 1.54) is 25.7 Å². The fraction of sp³-hybridized carbons (Fsp3) is 0.769. The molecule has 0 saturated carbocycles. The number of anilines is 1. The van der Waals surface area contributed by atoms with Crippen LogP contribution in [0.3, 0.4) is 0 Å². The van der Waals surface area contributed by atoms with Gasteiger partial charge in [0.05, 0.1) is 0 Å². The van der Waals surface area contributed by atoms with Crippen LogP contribution in [0.4, 0.5) is 5.95 Å². The molecule has 1 saturated heterocycles. The molecule has 1 N–H and O–H groups in total. The Morgan fingerprint density at radius 1 is 1.47 bits per heavy atom. The fourth-order valence-electron chi connectivity index (χ4n) is 2.68. The predicted molar refractivity (Wildman–Crippen MR) is 71.4 cm³/mol. The fourth-order valence-corrected chi connectivity index (χ4v) is 2.68. The van der Waals surface area contributed by atoms with Crippen LogP contribution in [-0.2, 0) is 6.54 Å². The molecule has 17 heavy (non-hydrogen) atoms. The van der Waals surface area contributed by atoms with Gasteiger partial charge in [-0.3, -0.25) is 0 Å². The van der Waals surface area contributed by atoms with E-state index in [-0.39, 0.29) is 0 Å². The second-order valence-electron chi connectivity index (χ2n) is 4.75. The van der Waals surface area contributed by atoms with Gasteiger partial charge in [-0.05, 0) is 46.2 Å².